The lowest BCUT2D eigenvalue weighted by molar-refractivity contribution is 0.193. The van der Waals surface area contributed by atoms with Gasteiger partial charge in [-0.1, -0.05) is 34.1 Å². The topological polar surface area (TPSA) is 107 Å². The van der Waals surface area contributed by atoms with Crippen LogP contribution in [0.2, 0.25) is 0 Å². The molecule has 27 heavy (non-hydrogen) atoms. The molecule has 0 aliphatic rings. The summed E-state index contributed by atoms with van der Waals surface area (Å²) < 4.78 is 7.66. The van der Waals surface area contributed by atoms with E-state index in [0.29, 0.717) is 41.1 Å². The number of rotatable bonds is 7. The Labute approximate surface area is 159 Å². The van der Waals surface area contributed by atoms with E-state index in [4.69, 9.17) is 15.6 Å². The maximum Gasteiger partial charge on any atom is 0.404 e. The molecule has 1 heterocycles. The number of carboxylic acid groups (broad SMARTS) is 1. The summed E-state index contributed by atoms with van der Waals surface area (Å²) in [5.41, 5.74) is 6.62. The molecule has 0 saturated carbocycles. The fourth-order valence-corrected chi connectivity index (χ4v) is 2.94. The van der Waals surface area contributed by atoms with E-state index >= 15 is 0 Å². The van der Waals surface area contributed by atoms with Crippen molar-refractivity contribution in [3.63, 3.8) is 0 Å². The number of nitrogens with two attached hydrogens (primary N) is 1. The normalized spacial score (nSPS) is 11.6. The molecular weight excluding hydrogens is 346 g/mol. The molecule has 0 bridgehead atoms. The second-order valence-electron chi connectivity index (χ2n) is 7.89. The minimum atomic E-state index is -1.16. The van der Waals surface area contributed by atoms with Crippen molar-refractivity contribution in [3.05, 3.63) is 34.2 Å². The lowest BCUT2D eigenvalue weighted by Crippen LogP contribution is -2.33. The molecule has 0 saturated heterocycles. The van der Waals surface area contributed by atoms with Gasteiger partial charge in [0.2, 0.25) is 0 Å². The summed E-state index contributed by atoms with van der Waals surface area (Å²) in [5.74, 6) is 0.517. The van der Waals surface area contributed by atoms with Crippen LogP contribution in [-0.4, -0.2) is 22.4 Å². The summed E-state index contributed by atoms with van der Waals surface area (Å²) in [5, 5.41) is 12.6. The van der Waals surface area contributed by atoms with E-state index in [2.05, 4.69) is 12.2 Å². The molecule has 4 N–H and O–H groups in total. The molecule has 7 nitrogen and oxygen atoms in total. The predicted octanol–water partition coefficient (Wildman–Crippen LogP) is 3.58. The fourth-order valence-electron chi connectivity index (χ4n) is 2.94. The van der Waals surface area contributed by atoms with Crippen molar-refractivity contribution in [3.8, 4) is 5.75 Å². The first-order chi connectivity index (χ1) is 12.6. The molecule has 7 heteroatoms. The SMILES string of the molecule is CCCCOc1c(CNC(=O)O)n(CC(C)(C)C)c(=O)c2ccc(N)cc12. The number of nitrogens with zero attached hydrogens (tertiary/aromatic N) is 1. The number of nitrogens with one attached hydrogen (secondary N) is 1. The third kappa shape index (κ3) is 5.15. The highest BCUT2D eigenvalue weighted by atomic mass is 16.5. The van der Waals surface area contributed by atoms with Crippen LogP contribution in [-0.2, 0) is 13.1 Å². The summed E-state index contributed by atoms with van der Waals surface area (Å²) in [7, 11) is 0. The van der Waals surface area contributed by atoms with Crippen LogP contribution in [0, 0.1) is 5.41 Å². The highest BCUT2D eigenvalue weighted by Gasteiger charge is 2.22. The van der Waals surface area contributed by atoms with Crippen LogP contribution in [0.4, 0.5) is 10.5 Å². The maximum absolute atomic E-state index is 13.2. The van der Waals surface area contributed by atoms with Gasteiger partial charge in [-0.2, -0.15) is 0 Å². The Bertz CT molecular complexity index is 881. The Morgan fingerprint density at radius 3 is 2.59 bits per heavy atom. The fraction of sp³-hybridized carbons (Fsp3) is 0.500. The van der Waals surface area contributed by atoms with Crippen LogP contribution in [0.3, 0.4) is 0 Å². The van der Waals surface area contributed by atoms with E-state index in [1.165, 1.54) is 0 Å². The first-order valence-corrected chi connectivity index (χ1v) is 9.18. The number of fused-ring (bicyclic) bond motifs is 1. The van der Waals surface area contributed by atoms with Gasteiger partial charge in [-0.15, -0.1) is 0 Å². The van der Waals surface area contributed by atoms with Gasteiger partial charge < -0.3 is 25.5 Å². The van der Waals surface area contributed by atoms with Crippen LogP contribution < -0.4 is 21.3 Å². The van der Waals surface area contributed by atoms with Crippen LogP contribution in [0.15, 0.2) is 23.0 Å². The van der Waals surface area contributed by atoms with E-state index in [-0.39, 0.29) is 17.5 Å². The van der Waals surface area contributed by atoms with Crippen LogP contribution in [0.5, 0.6) is 5.75 Å². The molecule has 2 rings (SSSR count). The number of nitrogen functional groups attached to an aromatic ring is 1. The van der Waals surface area contributed by atoms with Crippen molar-refractivity contribution in [1.29, 1.82) is 0 Å². The highest BCUT2D eigenvalue weighted by molar-refractivity contribution is 5.91. The molecular formula is C20H29N3O4. The van der Waals surface area contributed by atoms with Crippen molar-refractivity contribution in [1.82, 2.24) is 9.88 Å². The quantitative estimate of drug-likeness (QED) is 0.506. The van der Waals surface area contributed by atoms with Crippen LogP contribution in [0.1, 0.15) is 46.2 Å². The number of ether oxygens (including phenoxy) is 1. The molecule has 2 aromatic rings. The minimum Gasteiger partial charge on any atom is -0.491 e. The van der Waals surface area contributed by atoms with Crippen molar-refractivity contribution in [2.75, 3.05) is 12.3 Å². The first-order valence-electron chi connectivity index (χ1n) is 9.18. The standard InChI is InChI=1S/C20H29N3O4/c1-5-6-9-27-17-15-10-13(21)7-8-14(15)18(24)23(12-20(2,3)4)16(17)11-22-19(25)26/h7-8,10,22H,5-6,9,11-12,21H2,1-4H3,(H,25,26). The van der Waals surface area contributed by atoms with Crippen molar-refractivity contribution in [2.45, 2.75) is 53.6 Å². The van der Waals surface area contributed by atoms with Gasteiger partial charge in [-0.3, -0.25) is 4.79 Å². The van der Waals surface area contributed by atoms with Gasteiger partial charge in [0.25, 0.3) is 5.56 Å². The summed E-state index contributed by atoms with van der Waals surface area (Å²) in [6.07, 6.45) is 0.662. The Morgan fingerprint density at radius 2 is 2.00 bits per heavy atom. The van der Waals surface area contributed by atoms with Gasteiger partial charge in [-0.05, 0) is 30.0 Å². The molecule has 0 atom stereocenters. The van der Waals surface area contributed by atoms with Gasteiger partial charge in [0.05, 0.1) is 24.2 Å². The van der Waals surface area contributed by atoms with E-state index in [1.807, 2.05) is 20.8 Å². The molecule has 0 fully saturated rings. The number of anilines is 1. The molecule has 1 aromatic carbocycles. The lowest BCUT2D eigenvalue weighted by Gasteiger charge is -2.25. The number of carbonyl (C=O) groups is 1. The first kappa shape index (κ1) is 20.6. The molecule has 148 valence electrons. The molecule has 0 aliphatic carbocycles. The minimum absolute atomic E-state index is 0.0210. The summed E-state index contributed by atoms with van der Waals surface area (Å²) in [6.45, 7) is 9.04. The van der Waals surface area contributed by atoms with E-state index in [9.17, 15) is 9.59 Å². The largest absolute Gasteiger partial charge is 0.491 e. The smallest absolute Gasteiger partial charge is 0.404 e. The van der Waals surface area contributed by atoms with Crippen LogP contribution >= 0.6 is 0 Å². The van der Waals surface area contributed by atoms with Crippen LogP contribution in [0.25, 0.3) is 10.8 Å². The van der Waals surface area contributed by atoms with Gasteiger partial charge in [0.1, 0.15) is 5.75 Å². The van der Waals surface area contributed by atoms with Gasteiger partial charge in [0.15, 0.2) is 0 Å². The maximum atomic E-state index is 13.2. The number of amides is 1. The second kappa shape index (κ2) is 8.33. The molecule has 0 unspecified atom stereocenters. The van der Waals surface area contributed by atoms with E-state index in [0.717, 1.165) is 12.8 Å². The zero-order chi connectivity index (χ0) is 20.2. The van der Waals surface area contributed by atoms with Crippen molar-refractivity contribution >= 4 is 22.6 Å². The molecule has 0 aliphatic heterocycles. The monoisotopic (exact) mass is 375 g/mol. The number of aromatic nitrogens is 1. The summed E-state index contributed by atoms with van der Waals surface area (Å²) in [6, 6.07) is 5.10. The van der Waals surface area contributed by atoms with E-state index < -0.39 is 6.09 Å². The van der Waals surface area contributed by atoms with Gasteiger partial charge >= 0.3 is 6.09 Å². The second-order valence-corrected chi connectivity index (χ2v) is 7.89. The average molecular weight is 375 g/mol. The number of benzene rings is 1. The Morgan fingerprint density at radius 1 is 1.30 bits per heavy atom. The van der Waals surface area contributed by atoms with Gasteiger partial charge in [0, 0.05) is 17.6 Å². The zero-order valence-electron chi connectivity index (χ0n) is 16.5. The Hall–Kier alpha value is -2.70. The highest BCUT2D eigenvalue weighted by Crippen LogP contribution is 2.31. The summed E-state index contributed by atoms with van der Waals surface area (Å²) >= 11 is 0. The lowest BCUT2D eigenvalue weighted by atomic mass is 9.96. The summed E-state index contributed by atoms with van der Waals surface area (Å²) in [4.78, 5) is 24.2. The third-order valence-corrected chi connectivity index (χ3v) is 4.14. The Kier molecular flexibility index (Phi) is 6.36. The molecule has 0 spiro atoms. The molecule has 1 aromatic heterocycles. The van der Waals surface area contributed by atoms with E-state index in [1.54, 1.807) is 22.8 Å². The zero-order valence-corrected chi connectivity index (χ0v) is 16.5. The third-order valence-electron chi connectivity index (χ3n) is 4.14. The number of unbranched alkanes of at least 4 members (excludes halogenated alkanes) is 1. The average Bonchev–Trinajstić information content (AvgIpc) is 2.56. The molecule has 0 radical (unpaired) electrons. The van der Waals surface area contributed by atoms with Gasteiger partial charge in [-0.25, -0.2) is 4.79 Å². The Balaban J connectivity index is 2.76. The number of hydrogen-bond acceptors (Lipinski definition) is 4. The predicted molar refractivity (Wildman–Crippen MR) is 107 cm³/mol. The van der Waals surface area contributed by atoms with Crippen molar-refractivity contribution < 1.29 is 14.6 Å². The number of hydrogen-bond donors (Lipinski definition) is 3. The number of pyridine rings is 1. The van der Waals surface area contributed by atoms with Crippen molar-refractivity contribution in [2.24, 2.45) is 5.41 Å². The molecule has 1 amide bonds.